The maximum atomic E-state index is 12.9. The monoisotopic (exact) mass is 419 g/mol. The number of carbonyl (C=O) groups excluding carboxylic acids is 2. The van der Waals surface area contributed by atoms with Gasteiger partial charge >= 0.3 is 5.97 Å². The van der Waals surface area contributed by atoms with Gasteiger partial charge in [0.15, 0.2) is 16.4 Å². The highest BCUT2D eigenvalue weighted by Crippen LogP contribution is 2.24. The summed E-state index contributed by atoms with van der Waals surface area (Å²) in [5.74, 6) is -1.43. The van der Waals surface area contributed by atoms with Gasteiger partial charge in [-0.25, -0.2) is 12.8 Å². The fourth-order valence-electron chi connectivity index (χ4n) is 3.31. The molecule has 0 bridgehead atoms. The number of amides is 1. The van der Waals surface area contributed by atoms with Crippen molar-refractivity contribution in [3.63, 3.8) is 0 Å². The summed E-state index contributed by atoms with van der Waals surface area (Å²) in [6.07, 6.45) is 0.778. The molecule has 1 atom stereocenters. The number of nitrogens with zero attached hydrogens (tertiary/aromatic N) is 1. The molecule has 0 unspecified atom stereocenters. The number of ether oxygens (including phenoxy) is 1. The molecule has 29 heavy (non-hydrogen) atoms. The van der Waals surface area contributed by atoms with Gasteiger partial charge in [-0.05, 0) is 42.7 Å². The van der Waals surface area contributed by atoms with Crippen LogP contribution in [-0.2, 0) is 30.6 Å². The average Bonchev–Trinajstić information content (AvgIpc) is 3.06. The van der Waals surface area contributed by atoms with Crippen LogP contribution in [0.2, 0.25) is 0 Å². The third kappa shape index (κ3) is 5.87. The molecule has 1 aliphatic heterocycles. The van der Waals surface area contributed by atoms with Crippen LogP contribution in [0.1, 0.15) is 18.4 Å². The van der Waals surface area contributed by atoms with Crippen LogP contribution in [0.25, 0.3) is 0 Å². The Labute approximate surface area is 169 Å². The number of carbonyl (C=O) groups is 2. The number of rotatable bonds is 7. The molecule has 0 radical (unpaired) electrons. The Bertz CT molecular complexity index is 960. The van der Waals surface area contributed by atoms with Gasteiger partial charge in [-0.15, -0.1) is 0 Å². The molecular weight excluding hydrogens is 397 g/mol. The predicted octanol–water partition coefficient (Wildman–Crippen LogP) is 2.52. The van der Waals surface area contributed by atoms with Crippen molar-refractivity contribution in [2.24, 2.45) is 0 Å². The van der Waals surface area contributed by atoms with Crippen molar-refractivity contribution in [2.75, 3.05) is 23.0 Å². The highest BCUT2D eigenvalue weighted by molar-refractivity contribution is 7.91. The van der Waals surface area contributed by atoms with Gasteiger partial charge in [-0.3, -0.25) is 9.59 Å². The van der Waals surface area contributed by atoms with Crippen LogP contribution < -0.4 is 4.90 Å². The minimum Gasteiger partial charge on any atom is -0.456 e. The van der Waals surface area contributed by atoms with Gasteiger partial charge < -0.3 is 9.64 Å². The first kappa shape index (κ1) is 21.0. The highest BCUT2D eigenvalue weighted by Gasteiger charge is 2.35. The van der Waals surface area contributed by atoms with Crippen LogP contribution >= 0.6 is 0 Å². The predicted molar refractivity (Wildman–Crippen MR) is 107 cm³/mol. The molecule has 6 nitrogen and oxygen atoms in total. The summed E-state index contributed by atoms with van der Waals surface area (Å²) in [5.41, 5.74) is 1.36. The molecule has 1 heterocycles. The van der Waals surface area contributed by atoms with Gasteiger partial charge in [0.2, 0.25) is 0 Å². The Morgan fingerprint density at radius 1 is 1.07 bits per heavy atom. The highest BCUT2D eigenvalue weighted by atomic mass is 32.2. The van der Waals surface area contributed by atoms with Crippen molar-refractivity contribution in [1.29, 1.82) is 0 Å². The Morgan fingerprint density at radius 2 is 1.76 bits per heavy atom. The first-order valence-corrected chi connectivity index (χ1v) is 11.1. The van der Waals surface area contributed by atoms with E-state index in [0.29, 0.717) is 18.5 Å². The number of halogens is 1. The summed E-state index contributed by atoms with van der Waals surface area (Å²) in [5, 5.41) is 0. The van der Waals surface area contributed by atoms with Gasteiger partial charge in [0.05, 0.1) is 17.5 Å². The van der Waals surface area contributed by atoms with Gasteiger partial charge in [0.25, 0.3) is 5.91 Å². The van der Waals surface area contributed by atoms with E-state index in [-0.39, 0.29) is 23.7 Å². The maximum Gasteiger partial charge on any atom is 0.306 e. The fraction of sp³-hybridized carbons (Fsp3) is 0.333. The van der Waals surface area contributed by atoms with Crippen molar-refractivity contribution < 1.29 is 27.1 Å². The first-order chi connectivity index (χ1) is 13.8. The summed E-state index contributed by atoms with van der Waals surface area (Å²) in [7, 11) is -3.18. The number of hydrogen-bond acceptors (Lipinski definition) is 5. The second kappa shape index (κ2) is 9.17. The summed E-state index contributed by atoms with van der Waals surface area (Å²) in [6.45, 7) is -0.465. The molecule has 0 aromatic heterocycles. The molecular formula is C21H22FNO5S. The lowest BCUT2D eigenvalue weighted by atomic mass is 10.1. The zero-order chi connectivity index (χ0) is 20.9. The number of anilines is 1. The van der Waals surface area contributed by atoms with Gasteiger partial charge in [0, 0.05) is 12.1 Å². The maximum absolute atomic E-state index is 12.9. The second-order valence-electron chi connectivity index (χ2n) is 6.94. The van der Waals surface area contributed by atoms with E-state index in [4.69, 9.17) is 4.74 Å². The molecule has 8 heteroatoms. The van der Waals surface area contributed by atoms with E-state index in [2.05, 4.69) is 0 Å². The average molecular weight is 419 g/mol. The van der Waals surface area contributed by atoms with E-state index in [1.165, 1.54) is 17.0 Å². The quantitative estimate of drug-likeness (QED) is 0.645. The molecule has 1 amide bonds. The van der Waals surface area contributed by atoms with Crippen molar-refractivity contribution in [2.45, 2.75) is 25.3 Å². The number of sulfone groups is 1. The summed E-state index contributed by atoms with van der Waals surface area (Å²) >= 11 is 0. The molecule has 0 saturated carbocycles. The third-order valence-electron chi connectivity index (χ3n) is 4.76. The normalized spacial score (nSPS) is 17.6. The van der Waals surface area contributed by atoms with E-state index >= 15 is 0 Å². The van der Waals surface area contributed by atoms with Crippen LogP contribution in [0.3, 0.4) is 0 Å². The van der Waals surface area contributed by atoms with E-state index in [1.807, 2.05) is 0 Å². The Morgan fingerprint density at radius 3 is 2.38 bits per heavy atom. The second-order valence-corrected chi connectivity index (χ2v) is 9.17. The Hall–Kier alpha value is -2.74. The minimum atomic E-state index is -3.18. The number of benzene rings is 2. The Kier molecular flexibility index (Phi) is 6.64. The summed E-state index contributed by atoms with van der Waals surface area (Å²) in [4.78, 5) is 26.2. The van der Waals surface area contributed by atoms with Crippen molar-refractivity contribution in [3.05, 3.63) is 66.0 Å². The van der Waals surface area contributed by atoms with Crippen LogP contribution in [0.4, 0.5) is 10.1 Å². The third-order valence-corrected chi connectivity index (χ3v) is 6.51. The molecule has 1 saturated heterocycles. The standard InChI is InChI=1S/C21H22FNO5S/c22-17-9-6-16(7-10-17)8-11-21(25)28-14-20(24)23(18-4-2-1-3-5-18)19-12-13-29(26,27)15-19/h1-7,9-10,19H,8,11-15H2/t19-/m1/s1. The van der Waals surface area contributed by atoms with Crippen LogP contribution in [0.5, 0.6) is 0 Å². The topological polar surface area (TPSA) is 80.8 Å². The smallest absolute Gasteiger partial charge is 0.306 e. The van der Waals surface area contributed by atoms with Crippen molar-refractivity contribution in [1.82, 2.24) is 0 Å². The number of aryl methyl sites for hydroxylation is 1. The number of hydrogen-bond donors (Lipinski definition) is 0. The lowest BCUT2D eigenvalue weighted by Gasteiger charge is -2.28. The van der Waals surface area contributed by atoms with Crippen LogP contribution in [-0.4, -0.2) is 44.4 Å². The van der Waals surface area contributed by atoms with Crippen molar-refractivity contribution in [3.8, 4) is 0 Å². The minimum absolute atomic E-state index is 0.0335. The fourth-order valence-corrected chi connectivity index (χ4v) is 5.01. The van der Waals surface area contributed by atoms with E-state index in [0.717, 1.165) is 5.56 Å². The van der Waals surface area contributed by atoms with E-state index in [1.54, 1.807) is 42.5 Å². The number of para-hydroxylation sites is 1. The molecule has 1 aliphatic rings. The molecule has 154 valence electrons. The zero-order valence-electron chi connectivity index (χ0n) is 15.8. The molecule has 2 aromatic carbocycles. The molecule has 2 aromatic rings. The lowest BCUT2D eigenvalue weighted by Crippen LogP contribution is -2.43. The SMILES string of the molecule is O=C(CCc1ccc(F)cc1)OCC(=O)N(c1ccccc1)[C@@H]1CCS(=O)(=O)C1. The zero-order valence-corrected chi connectivity index (χ0v) is 16.6. The van der Waals surface area contributed by atoms with Gasteiger partial charge in [0.1, 0.15) is 5.82 Å². The summed E-state index contributed by atoms with van der Waals surface area (Å²) in [6, 6.07) is 14.1. The number of esters is 1. The molecule has 0 spiro atoms. The van der Waals surface area contributed by atoms with Crippen LogP contribution in [0.15, 0.2) is 54.6 Å². The Balaban J connectivity index is 1.59. The van der Waals surface area contributed by atoms with E-state index in [9.17, 15) is 22.4 Å². The van der Waals surface area contributed by atoms with Gasteiger partial charge in [-0.2, -0.15) is 0 Å². The van der Waals surface area contributed by atoms with Crippen LogP contribution in [0, 0.1) is 5.82 Å². The first-order valence-electron chi connectivity index (χ1n) is 9.32. The molecule has 0 N–H and O–H groups in total. The largest absolute Gasteiger partial charge is 0.456 e. The summed E-state index contributed by atoms with van der Waals surface area (Å²) < 4.78 is 41.7. The van der Waals surface area contributed by atoms with Crippen molar-refractivity contribution >= 4 is 27.4 Å². The molecule has 1 fully saturated rings. The lowest BCUT2D eigenvalue weighted by molar-refractivity contribution is -0.147. The molecule has 3 rings (SSSR count). The van der Waals surface area contributed by atoms with Gasteiger partial charge in [-0.1, -0.05) is 30.3 Å². The molecule has 0 aliphatic carbocycles. The van der Waals surface area contributed by atoms with E-state index < -0.39 is 34.4 Å².